The molecule has 0 saturated carbocycles. The molecule has 0 aromatic carbocycles. The van der Waals surface area contributed by atoms with Crippen molar-refractivity contribution >= 4 is 23.2 Å². The zero-order valence-corrected chi connectivity index (χ0v) is 15.4. The highest BCUT2D eigenvalue weighted by Crippen LogP contribution is 2.23. The molecule has 0 radical (unpaired) electrons. The fourth-order valence-corrected chi connectivity index (χ4v) is 3.33. The van der Waals surface area contributed by atoms with Crippen molar-refractivity contribution in [3.05, 3.63) is 52.9 Å². The van der Waals surface area contributed by atoms with Crippen LogP contribution in [0.4, 0.5) is 5.95 Å². The number of ether oxygens (including phenoxy) is 1. The Bertz CT molecular complexity index is 897. The molecule has 4 rings (SSSR count). The third-order valence-electron chi connectivity index (χ3n) is 4.15. The third kappa shape index (κ3) is 4.09. The number of aromatic nitrogens is 4. The molecular formula is C18H18N6O2S. The number of rotatable bonds is 5. The lowest BCUT2D eigenvalue weighted by atomic mass is 10.1. The lowest BCUT2D eigenvalue weighted by molar-refractivity contribution is 0.0950. The molecule has 27 heavy (non-hydrogen) atoms. The molecule has 1 N–H and O–H groups in total. The van der Waals surface area contributed by atoms with Crippen molar-refractivity contribution < 1.29 is 9.53 Å². The van der Waals surface area contributed by atoms with Gasteiger partial charge in [0.1, 0.15) is 5.01 Å². The van der Waals surface area contributed by atoms with Crippen LogP contribution in [0.2, 0.25) is 0 Å². The van der Waals surface area contributed by atoms with Gasteiger partial charge in [-0.2, -0.15) is 0 Å². The minimum absolute atomic E-state index is 0.231. The van der Waals surface area contributed by atoms with Crippen LogP contribution < -0.4 is 10.2 Å². The normalized spacial score (nSPS) is 14.1. The van der Waals surface area contributed by atoms with Gasteiger partial charge in [0.2, 0.25) is 5.95 Å². The fourth-order valence-electron chi connectivity index (χ4n) is 2.78. The van der Waals surface area contributed by atoms with E-state index in [1.165, 1.54) is 11.3 Å². The highest BCUT2D eigenvalue weighted by atomic mass is 32.1. The first kappa shape index (κ1) is 17.5. The summed E-state index contributed by atoms with van der Waals surface area (Å²) in [4.78, 5) is 32.2. The second kappa shape index (κ2) is 8.19. The number of carbonyl (C=O) groups excluding carboxylic acids is 1. The molecule has 1 fully saturated rings. The number of thiazole rings is 1. The minimum atomic E-state index is -0.231. The molecule has 9 heteroatoms. The zero-order chi connectivity index (χ0) is 18.5. The standard InChI is InChI=1S/C18H18N6O2S/c25-17(21-12-15-20-5-10-27-15)14-11-22-18(24-6-8-26-9-7-24)23-16(14)13-1-3-19-4-2-13/h1-5,10-11H,6-9,12H2,(H,21,25). The van der Waals surface area contributed by atoms with E-state index >= 15 is 0 Å². The van der Waals surface area contributed by atoms with Crippen molar-refractivity contribution in [3.63, 3.8) is 0 Å². The summed E-state index contributed by atoms with van der Waals surface area (Å²) in [6, 6.07) is 3.67. The molecule has 0 atom stereocenters. The molecule has 0 aliphatic carbocycles. The second-order valence-electron chi connectivity index (χ2n) is 5.88. The second-order valence-corrected chi connectivity index (χ2v) is 6.86. The maximum Gasteiger partial charge on any atom is 0.255 e. The molecule has 138 valence electrons. The predicted octanol–water partition coefficient (Wildman–Crippen LogP) is 1.76. The topological polar surface area (TPSA) is 93.1 Å². The van der Waals surface area contributed by atoms with Crippen LogP contribution in [0.3, 0.4) is 0 Å². The monoisotopic (exact) mass is 382 g/mol. The molecule has 3 aromatic heterocycles. The molecule has 0 spiro atoms. The van der Waals surface area contributed by atoms with Gasteiger partial charge >= 0.3 is 0 Å². The molecule has 1 aliphatic rings. The maximum atomic E-state index is 12.8. The Labute approximate surface area is 160 Å². The highest BCUT2D eigenvalue weighted by molar-refractivity contribution is 7.09. The van der Waals surface area contributed by atoms with Gasteiger partial charge in [0.25, 0.3) is 5.91 Å². The van der Waals surface area contributed by atoms with E-state index in [0.29, 0.717) is 37.0 Å². The predicted molar refractivity (Wildman–Crippen MR) is 102 cm³/mol. The van der Waals surface area contributed by atoms with Gasteiger partial charge in [-0.25, -0.2) is 15.0 Å². The lowest BCUT2D eigenvalue weighted by Gasteiger charge is -2.27. The average molecular weight is 382 g/mol. The van der Waals surface area contributed by atoms with Crippen LogP contribution in [-0.4, -0.2) is 52.1 Å². The number of anilines is 1. The molecule has 8 nitrogen and oxygen atoms in total. The third-order valence-corrected chi connectivity index (χ3v) is 4.93. The van der Waals surface area contributed by atoms with Gasteiger partial charge in [0, 0.05) is 48.8 Å². The first-order valence-corrected chi connectivity index (χ1v) is 9.46. The van der Waals surface area contributed by atoms with Gasteiger partial charge in [0.15, 0.2) is 0 Å². The van der Waals surface area contributed by atoms with E-state index in [9.17, 15) is 4.79 Å². The number of nitrogens with zero attached hydrogens (tertiary/aromatic N) is 5. The van der Waals surface area contributed by atoms with Crippen molar-refractivity contribution in [2.24, 2.45) is 0 Å². The van der Waals surface area contributed by atoms with Gasteiger partial charge in [-0.05, 0) is 12.1 Å². The maximum absolute atomic E-state index is 12.8. The first-order valence-electron chi connectivity index (χ1n) is 8.58. The largest absolute Gasteiger partial charge is 0.378 e. The van der Waals surface area contributed by atoms with E-state index < -0.39 is 0 Å². The summed E-state index contributed by atoms with van der Waals surface area (Å²) in [5.74, 6) is 0.368. The molecule has 1 saturated heterocycles. The summed E-state index contributed by atoms with van der Waals surface area (Å²) < 4.78 is 5.39. The van der Waals surface area contributed by atoms with Crippen molar-refractivity contribution in [1.82, 2.24) is 25.3 Å². The minimum Gasteiger partial charge on any atom is -0.378 e. The number of pyridine rings is 1. The molecule has 0 unspecified atom stereocenters. The molecule has 1 amide bonds. The number of morpholine rings is 1. The fraction of sp³-hybridized carbons (Fsp3) is 0.278. The molecule has 4 heterocycles. The number of hydrogen-bond donors (Lipinski definition) is 1. The van der Waals surface area contributed by atoms with Crippen molar-refractivity contribution in [3.8, 4) is 11.3 Å². The van der Waals surface area contributed by atoms with Gasteiger partial charge < -0.3 is 15.0 Å². The van der Waals surface area contributed by atoms with Gasteiger partial charge in [-0.15, -0.1) is 11.3 Å². The highest BCUT2D eigenvalue weighted by Gasteiger charge is 2.20. The van der Waals surface area contributed by atoms with Crippen LogP contribution in [0.1, 0.15) is 15.4 Å². The van der Waals surface area contributed by atoms with Crippen LogP contribution in [0, 0.1) is 0 Å². The number of nitrogens with one attached hydrogen (secondary N) is 1. The smallest absolute Gasteiger partial charge is 0.255 e. The van der Waals surface area contributed by atoms with E-state index in [2.05, 4.69) is 25.2 Å². The first-order chi connectivity index (χ1) is 13.3. The lowest BCUT2D eigenvalue weighted by Crippen LogP contribution is -2.37. The van der Waals surface area contributed by atoms with Gasteiger partial charge in [-0.1, -0.05) is 0 Å². The SMILES string of the molecule is O=C(NCc1nccs1)c1cnc(N2CCOCC2)nc1-c1ccncc1. The Balaban J connectivity index is 1.64. The number of amides is 1. The number of hydrogen-bond acceptors (Lipinski definition) is 8. The summed E-state index contributed by atoms with van der Waals surface area (Å²) >= 11 is 1.50. The summed E-state index contributed by atoms with van der Waals surface area (Å²) in [6.45, 7) is 3.11. The summed E-state index contributed by atoms with van der Waals surface area (Å²) in [7, 11) is 0. The molecule has 0 bridgehead atoms. The Morgan fingerprint density at radius 1 is 1.19 bits per heavy atom. The molecule has 3 aromatic rings. The Hall–Kier alpha value is -2.91. The van der Waals surface area contributed by atoms with Crippen LogP contribution in [0.25, 0.3) is 11.3 Å². The Morgan fingerprint density at radius 3 is 2.74 bits per heavy atom. The Kier molecular flexibility index (Phi) is 5.31. The van der Waals surface area contributed by atoms with E-state index in [1.807, 2.05) is 17.5 Å². The van der Waals surface area contributed by atoms with E-state index in [-0.39, 0.29) is 5.91 Å². The summed E-state index contributed by atoms with van der Waals surface area (Å²) in [6.07, 6.45) is 6.67. The van der Waals surface area contributed by atoms with E-state index in [0.717, 1.165) is 23.7 Å². The summed E-state index contributed by atoms with van der Waals surface area (Å²) in [5.41, 5.74) is 1.83. The van der Waals surface area contributed by atoms with Crippen LogP contribution in [0.5, 0.6) is 0 Å². The molecular weight excluding hydrogens is 364 g/mol. The van der Waals surface area contributed by atoms with Crippen LogP contribution >= 0.6 is 11.3 Å². The van der Waals surface area contributed by atoms with Crippen LogP contribution in [0.15, 0.2) is 42.3 Å². The van der Waals surface area contributed by atoms with Crippen molar-refractivity contribution in [1.29, 1.82) is 0 Å². The van der Waals surface area contributed by atoms with Crippen molar-refractivity contribution in [2.45, 2.75) is 6.54 Å². The quantitative estimate of drug-likeness (QED) is 0.719. The van der Waals surface area contributed by atoms with Crippen molar-refractivity contribution in [2.75, 3.05) is 31.2 Å². The Morgan fingerprint density at radius 2 is 2.00 bits per heavy atom. The number of carbonyl (C=O) groups is 1. The van der Waals surface area contributed by atoms with E-state index in [1.54, 1.807) is 24.8 Å². The van der Waals surface area contributed by atoms with Gasteiger partial charge in [0.05, 0.1) is 31.0 Å². The summed E-state index contributed by atoms with van der Waals surface area (Å²) in [5, 5.41) is 5.62. The van der Waals surface area contributed by atoms with Gasteiger partial charge in [-0.3, -0.25) is 9.78 Å². The zero-order valence-electron chi connectivity index (χ0n) is 14.5. The molecule has 1 aliphatic heterocycles. The van der Waals surface area contributed by atoms with Crippen LogP contribution in [-0.2, 0) is 11.3 Å². The van der Waals surface area contributed by atoms with E-state index in [4.69, 9.17) is 9.72 Å². The average Bonchev–Trinajstić information content (AvgIpc) is 3.26.